The van der Waals surface area contributed by atoms with Crippen LogP contribution in [0.5, 0.6) is 0 Å². The Kier molecular flexibility index (Phi) is 10.2. The van der Waals surface area contributed by atoms with Crippen molar-refractivity contribution in [1.29, 1.82) is 0 Å². The largest absolute Gasteiger partial charge is 0.459 e. The smallest absolute Gasteiger partial charge is 0.333 e. The Hall–Kier alpha value is -7.66. The van der Waals surface area contributed by atoms with Crippen LogP contribution >= 0.6 is 22.7 Å². The monoisotopic (exact) mass is 874 g/mol. The molecule has 0 bridgehead atoms. The van der Waals surface area contributed by atoms with Gasteiger partial charge in [-0.25, -0.2) is 0 Å². The van der Waals surface area contributed by atoms with Crippen LogP contribution in [0, 0.1) is 0 Å². The molecule has 0 unspecified atom stereocenters. The molecule has 0 spiro atoms. The summed E-state index contributed by atoms with van der Waals surface area (Å²) in [5.74, 6) is -3.31. The molecule has 0 saturated carbocycles. The molecule has 8 nitrogen and oxygen atoms in total. The lowest BCUT2D eigenvalue weighted by atomic mass is 9.77. The summed E-state index contributed by atoms with van der Waals surface area (Å²) in [6.45, 7) is 1.70. The van der Waals surface area contributed by atoms with E-state index in [-0.39, 0.29) is 13.2 Å². The molecule has 64 heavy (non-hydrogen) atoms. The Morgan fingerprint density at radius 2 is 1.06 bits per heavy atom. The van der Waals surface area contributed by atoms with Crippen LogP contribution in [0.15, 0.2) is 146 Å². The zero-order valence-corrected chi connectivity index (χ0v) is 35.7. The van der Waals surface area contributed by atoms with Crippen LogP contribution in [0.2, 0.25) is 0 Å². The van der Waals surface area contributed by atoms with Gasteiger partial charge < -0.3 is 9.47 Å². The molecule has 10 heteroatoms. The molecule has 0 radical (unpaired) electrons. The normalized spacial score (nSPS) is 14.4. The number of hydrogen-bond donors (Lipinski definition) is 0. The molecular formula is C54H34O8S2. The van der Waals surface area contributed by atoms with E-state index in [0.29, 0.717) is 61.2 Å². The Labute approximate surface area is 374 Å². The lowest BCUT2D eigenvalue weighted by molar-refractivity contribution is -0.164. The van der Waals surface area contributed by atoms with Crippen LogP contribution < -0.4 is 0 Å². The number of aldehydes is 1. The molecule has 310 valence electrons. The van der Waals surface area contributed by atoms with Crippen LogP contribution in [0.3, 0.4) is 0 Å². The average molecular weight is 875 g/mol. The number of Topliss-reactive ketones (excluding diaryl/α,β-unsaturated/α-hetero) is 3. The highest BCUT2D eigenvalue weighted by Crippen LogP contribution is 2.54. The van der Waals surface area contributed by atoms with Crippen LogP contribution in [0.1, 0.15) is 70.8 Å². The standard InChI is InChI=1S/C54H34O8S2/c1-31(38-16-8-10-18-40(38)47(56)28-55)20-36-21-34-23-45-42(26-48(34)63-36)43-27-49-35(22-37(64-49)25-44-39-17-9-11-19-41(39)50(57)51(44)58)24-46(43)54(45,52(59)61-29-32-12-4-2-5-13-32)53(60)62-30-33-14-6-3-7-15-33/h2-28H,29-30H2,1H3/b31-20+,44-25-. The van der Waals surface area contributed by atoms with Gasteiger partial charge in [0.05, 0.1) is 0 Å². The molecule has 0 saturated heterocycles. The highest BCUT2D eigenvalue weighted by atomic mass is 32.1. The number of ketones is 3. The van der Waals surface area contributed by atoms with Gasteiger partial charge in [-0.05, 0) is 116 Å². The average Bonchev–Trinajstić information content (AvgIpc) is 4.05. The van der Waals surface area contributed by atoms with E-state index in [1.54, 1.807) is 48.5 Å². The SMILES string of the molecule is C/C(=C\c1cc2cc3c(cc2s1)-c1cc2sc(/C=C4\C(=O)C(=O)c5ccccc54)cc2cc1C3(C(=O)OCc1ccccc1)C(=O)OCc1ccccc1)c1ccccc1C(=O)C=O. The van der Waals surface area contributed by atoms with E-state index >= 15 is 9.59 Å². The number of ether oxygens (including phenoxy) is 2. The Bertz CT molecular complexity index is 3300. The second-order valence-corrected chi connectivity index (χ2v) is 17.9. The van der Waals surface area contributed by atoms with Gasteiger partial charge >= 0.3 is 11.9 Å². The fourth-order valence-corrected chi connectivity index (χ4v) is 10.8. The molecule has 0 amide bonds. The fraction of sp³-hybridized carbons (Fsp3) is 0.0741. The minimum absolute atomic E-state index is 0.0896. The van der Waals surface area contributed by atoms with Gasteiger partial charge in [0.15, 0.2) is 6.29 Å². The molecule has 0 atom stereocenters. The molecule has 6 aromatic carbocycles. The predicted molar refractivity (Wildman–Crippen MR) is 250 cm³/mol. The van der Waals surface area contributed by atoms with Crippen LogP contribution in [-0.4, -0.2) is 35.6 Å². The van der Waals surface area contributed by atoms with E-state index in [2.05, 4.69) is 0 Å². The molecule has 10 rings (SSSR count). The number of fused-ring (bicyclic) bond motifs is 6. The zero-order chi connectivity index (χ0) is 44.1. The van der Waals surface area contributed by atoms with Crippen molar-refractivity contribution in [2.45, 2.75) is 25.6 Å². The Balaban J connectivity index is 1.15. The van der Waals surface area contributed by atoms with Crippen LogP contribution in [0.4, 0.5) is 0 Å². The maximum atomic E-state index is 15.2. The van der Waals surface area contributed by atoms with Gasteiger partial charge in [0.1, 0.15) is 13.2 Å². The summed E-state index contributed by atoms with van der Waals surface area (Å²) < 4.78 is 14.0. The summed E-state index contributed by atoms with van der Waals surface area (Å²) in [6.07, 6.45) is 3.99. The number of carbonyl (C=O) groups excluding carboxylic acids is 6. The molecular weight excluding hydrogens is 841 g/mol. The van der Waals surface area contributed by atoms with Gasteiger partial charge in [0.2, 0.25) is 22.8 Å². The van der Waals surface area contributed by atoms with E-state index in [1.807, 2.05) is 116 Å². The third kappa shape index (κ3) is 6.84. The van der Waals surface area contributed by atoms with E-state index in [4.69, 9.17) is 9.47 Å². The molecule has 2 heterocycles. The summed E-state index contributed by atoms with van der Waals surface area (Å²) in [5, 5.41) is 1.50. The Morgan fingerprint density at radius 3 is 1.64 bits per heavy atom. The van der Waals surface area contributed by atoms with E-state index in [1.165, 1.54) is 22.7 Å². The molecule has 8 aromatic rings. The van der Waals surface area contributed by atoms with Gasteiger partial charge in [-0.15, -0.1) is 22.7 Å². The van der Waals surface area contributed by atoms with Crippen molar-refractivity contribution in [3.8, 4) is 11.1 Å². The van der Waals surface area contributed by atoms with Gasteiger partial charge in [-0.1, -0.05) is 109 Å². The fourth-order valence-electron chi connectivity index (χ4n) is 8.72. The molecule has 0 aliphatic heterocycles. The molecule has 2 aromatic heterocycles. The number of rotatable bonds is 11. The molecule has 2 aliphatic rings. The van der Waals surface area contributed by atoms with Crippen molar-refractivity contribution in [3.05, 3.63) is 200 Å². The third-order valence-electron chi connectivity index (χ3n) is 11.8. The third-order valence-corrected chi connectivity index (χ3v) is 13.9. The van der Waals surface area contributed by atoms with Gasteiger partial charge in [-0.3, -0.25) is 28.8 Å². The topological polar surface area (TPSA) is 121 Å². The van der Waals surface area contributed by atoms with E-state index in [9.17, 15) is 19.2 Å². The Morgan fingerprint density at radius 1 is 0.562 bits per heavy atom. The number of carbonyl (C=O) groups is 6. The number of benzene rings is 6. The minimum Gasteiger partial charge on any atom is -0.459 e. The van der Waals surface area contributed by atoms with Crippen molar-refractivity contribution >= 4 is 102 Å². The first-order valence-corrected chi connectivity index (χ1v) is 22.0. The van der Waals surface area contributed by atoms with Gasteiger partial charge in [-0.2, -0.15) is 0 Å². The van der Waals surface area contributed by atoms with E-state index in [0.717, 1.165) is 41.7 Å². The summed E-state index contributed by atoms with van der Waals surface area (Å²) in [5.41, 5.74) is 4.56. The zero-order valence-electron chi connectivity index (χ0n) is 34.1. The summed E-state index contributed by atoms with van der Waals surface area (Å²) >= 11 is 2.93. The second kappa shape index (κ2) is 16.2. The van der Waals surface area contributed by atoms with Crippen molar-refractivity contribution in [1.82, 2.24) is 0 Å². The molecule has 0 N–H and O–H groups in total. The highest BCUT2D eigenvalue weighted by Gasteiger charge is 2.58. The highest BCUT2D eigenvalue weighted by molar-refractivity contribution is 7.20. The molecule has 0 fully saturated rings. The predicted octanol–water partition coefficient (Wildman–Crippen LogP) is 11.1. The number of esters is 2. The van der Waals surface area contributed by atoms with Crippen molar-refractivity contribution in [2.75, 3.05) is 0 Å². The minimum atomic E-state index is -2.05. The summed E-state index contributed by atoms with van der Waals surface area (Å²) in [4.78, 5) is 81.9. The lowest BCUT2D eigenvalue weighted by Crippen LogP contribution is -2.45. The van der Waals surface area contributed by atoms with Gasteiger partial charge in [0.25, 0.3) is 0 Å². The first-order chi connectivity index (χ1) is 31.1. The van der Waals surface area contributed by atoms with Crippen molar-refractivity contribution in [2.24, 2.45) is 0 Å². The summed E-state index contributed by atoms with van der Waals surface area (Å²) in [7, 11) is 0. The second-order valence-electron chi connectivity index (χ2n) is 15.7. The quantitative estimate of drug-likeness (QED) is 0.0315. The number of hydrogen-bond acceptors (Lipinski definition) is 10. The number of thiophene rings is 2. The van der Waals surface area contributed by atoms with Crippen molar-refractivity contribution < 1.29 is 38.2 Å². The first kappa shape index (κ1) is 40.4. The maximum absolute atomic E-state index is 15.2. The molecule has 2 aliphatic carbocycles. The van der Waals surface area contributed by atoms with Crippen LogP contribution in [0.25, 0.3) is 54.6 Å². The van der Waals surface area contributed by atoms with Crippen molar-refractivity contribution in [3.63, 3.8) is 0 Å². The number of allylic oxidation sites excluding steroid dienone is 2. The summed E-state index contributed by atoms with van der Waals surface area (Å²) in [6, 6.07) is 43.9. The maximum Gasteiger partial charge on any atom is 0.333 e. The van der Waals surface area contributed by atoms with E-state index < -0.39 is 34.7 Å². The lowest BCUT2D eigenvalue weighted by Gasteiger charge is -2.28. The first-order valence-electron chi connectivity index (χ1n) is 20.4. The van der Waals surface area contributed by atoms with Gasteiger partial charge in [0, 0.05) is 35.9 Å². The van der Waals surface area contributed by atoms with Crippen LogP contribution in [-0.2, 0) is 47.3 Å².